The summed E-state index contributed by atoms with van der Waals surface area (Å²) >= 11 is 4.13. The average molecular weight is 476 g/mol. The Kier molecular flexibility index (Phi) is 15.0. The Bertz CT molecular complexity index is 621. The fourth-order valence-corrected chi connectivity index (χ4v) is 3.20. The number of carbonyl (C=O) groups excluding carboxylic acids is 3. The van der Waals surface area contributed by atoms with Crippen LogP contribution >= 0.6 is 12.6 Å². The van der Waals surface area contributed by atoms with Gasteiger partial charge in [0, 0.05) is 5.75 Å². The van der Waals surface area contributed by atoms with Crippen molar-refractivity contribution in [1.82, 2.24) is 16.0 Å². The van der Waals surface area contributed by atoms with Crippen molar-refractivity contribution < 1.29 is 24.3 Å². The third-order valence-electron chi connectivity index (χ3n) is 5.73. The van der Waals surface area contributed by atoms with Crippen LogP contribution in [0.3, 0.4) is 0 Å². The van der Waals surface area contributed by atoms with Crippen LogP contribution in [0, 0.1) is 11.8 Å². The molecule has 0 fully saturated rings. The first kappa shape index (κ1) is 30.1. The van der Waals surface area contributed by atoms with Gasteiger partial charge in [-0.3, -0.25) is 14.4 Å². The zero-order valence-corrected chi connectivity index (χ0v) is 20.5. The zero-order valence-electron chi connectivity index (χ0n) is 19.6. The van der Waals surface area contributed by atoms with Gasteiger partial charge < -0.3 is 32.5 Å². The lowest BCUT2D eigenvalue weighted by Crippen LogP contribution is -2.59. The minimum atomic E-state index is -1.16. The number of aliphatic carboxylic acids is 1. The summed E-state index contributed by atoms with van der Waals surface area (Å²) in [5.74, 6) is -3.11. The molecule has 0 aliphatic rings. The van der Waals surface area contributed by atoms with E-state index in [9.17, 15) is 24.3 Å². The van der Waals surface area contributed by atoms with Gasteiger partial charge in [0.2, 0.25) is 17.7 Å². The highest BCUT2D eigenvalue weighted by Gasteiger charge is 2.32. The number of nitrogens with two attached hydrogens (primary N) is 2. The number of hydrogen-bond acceptors (Lipinski definition) is 7. The molecule has 8 N–H and O–H groups in total. The molecular weight excluding hydrogens is 434 g/mol. The SMILES string of the molecule is CCC(C)C(N)C(=O)NC(C(=O)NC(CS)C(=O)NC(CCCCN)C(=O)O)C(C)CC. The van der Waals surface area contributed by atoms with Gasteiger partial charge in [0.15, 0.2) is 0 Å². The molecule has 0 heterocycles. The largest absolute Gasteiger partial charge is 0.480 e. The fourth-order valence-electron chi connectivity index (χ4n) is 2.94. The molecule has 0 aromatic rings. The van der Waals surface area contributed by atoms with E-state index in [2.05, 4.69) is 28.6 Å². The first-order valence-electron chi connectivity index (χ1n) is 11.2. The highest BCUT2D eigenvalue weighted by molar-refractivity contribution is 7.80. The minimum Gasteiger partial charge on any atom is -0.480 e. The van der Waals surface area contributed by atoms with Gasteiger partial charge in [-0.25, -0.2) is 4.79 Å². The first-order valence-corrected chi connectivity index (χ1v) is 11.9. The number of rotatable bonds is 16. The molecule has 10 nitrogen and oxygen atoms in total. The smallest absolute Gasteiger partial charge is 0.326 e. The van der Waals surface area contributed by atoms with Crippen molar-refractivity contribution in [2.24, 2.45) is 23.3 Å². The van der Waals surface area contributed by atoms with Crippen molar-refractivity contribution in [2.45, 2.75) is 84.0 Å². The molecule has 0 bridgehead atoms. The van der Waals surface area contributed by atoms with Gasteiger partial charge in [-0.2, -0.15) is 12.6 Å². The Hall–Kier alpha value is -1.85. The topological polar surface area (TPSA) is 177 Å². The van der Waals surface area contributed by atoms with Gasteiger partial charge in [0.1, 0.15) is 18.1 Å². The second kappa shape index (κ2) is 15.9. The number of hydrogen-bond donors (Lipinski definition) is 7. The number of amides is 3. The van der Waals surface area contributed by atoms with Crippen LogP contribution in [-0.2, 0) is 19.2 Å². The summed E-state index contributed by atoms with van der Waals surface area (Å²) in [5.41, 5.74) is 11.4. The number of unbranched alkanes of at least 4 members (excludes halogenated alkanes) is 1. The summed E-state index contributed by atoms with van der Waals surface area (Å²) in [6.45, 7) is 7.91. The van der Waals surface area contributed by atoms with Crippen LogP contribution in [0.1, 0.15) is 59.8 Å². The molecular formula is C21H41N5O5S. The average Bonchev–Trinajstić information content (AvgIpc) is 2.77. The monoisotopic (exact) mass is 475 g/mol. The van der Waals surface area contributed by atoms with Crippen LogP contribution in [-0.4, -0.2) is 65.3 Å². The second-order valence-electron chi connectivity index (χ2n) is 8.21. The Morgan fingerprint density at radius 2 is 1.44 bits per heavy atom. The van der Waals surface area contributed by atoms with Gasteiger partial charge in [-0.05, 0) is 37.6 Å². The van der Waals surface area contributed by atoms with Crippen molar-refractivity contribution in [2.75, 3.05) is 12.3 Å². The highest BCUT2D eigenvalue weighted by atomic mass is 32.1. The Morgan fingerprint density at radius 3 is 1.91 bits per heavy atom. The van der Waals surface area contributed by atoms with Crippen LogP contribution in [0.5, 0.6) is 0 Å². The second-order valence-corrected chi connectivity index (χ2v) is 8.58. The molecule has 0 aliphatic carbocycles. The molecule has 0 saturated carbocycles. The maximum absolute atomic E-state index is 12.9. The van der Waals surface area contributed by atoms with E-state index in [1.54, 1.807) is 0 Å². The third-order valence-corrected chi connectivity index (χ3v) is 6.10. The van der Waals surface area contributed by atoms with Crippen molar-refractivity contribution in [3.05, 3.63) is 0 Å². The third kappa shape index (κ3) is 10.2. The summed E-state index contributed by atoms with van der Waals surface area (Å²) in [6.07, 6.45) is 2.74. The normalized spacial score (nSPS) is 16.7. The predicted octanol–water partition coefficient (Wildman–Crippen LogP) is 0.00370. The lowest BCUT2D eigenvalue weighted by Gasteiger charge is -2.28. The van der Waals surface area contributed by atoms with E-state index in [-0.39, 0.29) is 24.0 Å². The van der Waals surface area contributed by atoms with Gasteiger partial charge >= 0.3 is 5.97 Å². The van der Waals surface area contributed by atoms with Crippen LogP contribution in [0.15, 0.2) is 0 Å². The Balaban J connectivity index is 5.26. The molecule has 0 spiro atoms. The number of carboxylic acid groups (broad SMARTS) is 1. The van der Waals surface area contributed by atoms with E-state index in [1.807, 2.05) is 27.7 Å². The molecule has 186 valence electrons. The minimum absolute atomic E-state index is 0.0414. The standard InChI is InChI=1S/C21H41N5O5S/c1-5-12(3)16(23)19(28)26-17(13(4)6-2)20(29)25-15(11-32)18(27)24-14(21(30)31)9-7-8-10-22/h12-17,32H,5-11,22-23H2,1-4H3,(H,24,27)(H,25,29)(H,26,28)(H,30,31). The molecule has 6 atom stereocenters. The zero-order chi connectivity index (χ0) is 24.8. The highest BCUT2D eigenvalue weighted by Crippen LogP contribution is 2.11. The fraction of sp³-hybridized carbons (Fsp3) is 0.810. The van der Waals surface area contributed by atoms with E-state index in [0.717, 1.165) is 0 Å². The maximum Gasteiger partial charge on any atom is 0.326 e. The molecule has 0 aliphatic heterocycles. The molecule has 0 saturated heterocycles. The number of thiol groups is 1. The van der Waals surface area contributed by atoms with E-state index in [0.29, 0.717) is 32.2 Å². The summed E-state index contributed by atoms with van der Waals surface area (Å²) in [5, 5.41) is 17.1. The molecule has 3 amide bonds. The van der Waals surface area contributed by atoms with Crippen molar-refractivity contribution in [3.8, 4) is 0 Å². The van der Waals surface area contributed by atoms with Gasteiger partial charge in [0.25, 0.3) is 0 Å². The van der Waals surface area contributed by atoms with Crippen LogP contribution in [0.25, 0.3) is 0 Å². The van der Waals surface area contributed by atoms with E-state index >= 15 is 0 Å². The van der Waals surface area contributed by atoms with Crippen molar-refractivity contribution >= 4 is 36.3 Å². The predicted molar refractivity (Wildman–Crippen MR) is 127 cm³/mol. The maximum atomic E-state index is 12.9. The van der Waals surface area contributed by atoms with Gasteiger partial charge in [0.05, 0.1) is 6.04 Å². The molecule has 6 unspecified atom stereocenters. The van der Waals surface area contributed by atoms with E-state index in [4.69, 9.17) is 11.5 Å². The number of nitrogens with one attached hydrogen (secondary N) is 3. The summed E-state index contributed by atoms with van der Waals surface area (Å²) in [6, 6.07) is -3.80. The molecule has 0 aromatic heterocycles. The van der Waals surface area contributed by atoms with Crippen LogP contribution in [0.2, 0.25) is 0 Å². The van der Waals surface area contributed by atoms with Crippen LogP contribution in [0.4, 0.5) is 0 Å². The Labute approximate surface area is 196 Å². The molecule has 0 aromatic carbocycles. The Morgan fingerprint density at radius 1 is 0.875 bits per heavy atom. The van der Waals surface area contributed by atoms with E-state index < -0.39 is 47.9 Å². The van der Waals surface area contributed by atoms with Gasteiger partial charge in [-0.1, -0.05) is 40.5 Å². The number of carbonyl (C=O) groups is 4. The molecule has 0 radical (unpaired) electrons. The lowest BCUT2D eigenvalue weighted by atomic mass is 9.95. The molecule has 11 heteroatoms. The van der Waals surface area contributed by atoms with E-state index in [1.165, 1.54) is 0 Å². The quantitative estimate of drug-likeness (QED) is 0.121. The summed E-state index contributed by atoms with van der Waals surface area (Å²) < 4.78 is 0. The molecule has 32 heavy (non-hydrogen) atoms. The first-order chi connectivity index (χ1) is 15.0. The van der Waals surface area contributed by atoms with Gasteiger partial charge in [-0.15, -0.1) is 0 Å². The van der Waals surface area contributed by atoms with Crippen molar-refractivity contribution in [1.29, 1.82) is 0 Å². The number of carboxylic acids is 1. The van der Waals surface area contributed by atoms with Crippen LogP contribution < -0.4 is 27.4 Å². The van der Waals surface area contributed by atoms with Crippen molar-refractivity contribution in [3.63, 3.8) is 0 Å². The lowest BCUT2D eigenvalue weighted by molar-refractivity contribution is -0.142. The molecule has 0 rings (SSSR count). The summed E-state index contributed by atoms with van der Waals surface area (Å²) in [7, 11) is 0. The summed E-state index contributed by atoms with van der Waals surface area (Å²) in [4.78, 5) is 49.5.